The molecule has 0 aliphatic carbocycles. The number of unbranched alkanes of at least 4 members (excludes halogenated alkanes) is 2. The topological polar surface area (TPSA) is 106 Å². The summed E-state index contributed by atoms with van der Waals surface area (Å²) in [6.45, 7) is 6.01. The van der Waals surface area contributed by atoms with E-state index in [0.717, 1.165) is 18.4 Å². The average molecular weight is 408 g/mol. The van der Waals surface area contributed by atoms with E-state index in [2.05, 4.69) is 16.0 Å². The van der Waals surface area contributed by atoms with Crippen molar-refractivity contribution in [2.24, 2.45) is 0 Å². The molecule has 0 bridgehead atoms. The molecule has 29 heavy (non-hydrogen) atoms. The minimum Gasteiger partial charge on any atom is -0.445 e. The number of carbonyl (C=O) groups is 3. The molecule has 8 heteroatoms. The molecule has 0 saturated carbocycles. The Hall–Kier alpha value is -2.77. The minimum atomic E-state index is -0.654. The van der Waals surface area contributed by atoms with Gasteiger partial charge in [-0.3, -0.25) is 4.79 Å². The van der Waals surface area contributed by atoms with E-state index in [1.54, 1.807) is 20.8 Å². The molecule has 0 radical (unpaired) electrons. The van der Waals surface area contributed by atoms with Crippen LogP contribution >= 0.6 is 0 Å². The van der Waals surface area contributed by atoms with E-state index in [0.29, 0.717) is 19.4 Å². The summed E-state index contributed by atoms with van der Waals surface area (Å²) >= 11 is 0. The number of carbonyl (C=O) groups excluding carboxylic acids is 3. The molecule has 1 rings (SSSR count). The van der Waals surface area contributed by atoms with Crippen molar-refractivity contribution in [1.29, 1.82) is 0 Å². The lowest BCUT2D eigenvalue weighted by Gasteiger charge is -2.23. The molecule has 162 valence electrons. The van der Waals surface area contributed by atoms with E-state index in [-0.39, 0.29) is 12.5 Å². The van der Waals surface area contributed by atoms with Gasteiger partial charge in [0.05, 0.1) is 0 Å². The summed E-state index contributed by atoms with van der Waals surface area (Å²) in [5, 5.41) is 7.85. The van der Waals surface area contributed by atoms with Gasteiger partial charge in [-0.2, -0.15) is 0 Å². The molecule has 0 heterocycles. The molecule has 0 aliphatic heterocycles. The van der Waals surface area contributed by atoms with E-state index in [1.807, 2.05) is 30.3 Å². The molecule has 0 saturated heterocycles. The fourth-order valence-corrected chi connectivity index (χ4v) is 2.51. The summed E-state index contributed by atoms with van der Waals surface area (Å²) in [5.74, 6) is -0.265. The lowest BCUT2D eigenvalue weighted by molar-refractivity contribution is -0.122. The lowest BCUT2D eigenvalue weighted by Crippen LogP contribution is -2.47. The summed E-state index contributed by atoms with van der Waals surface area (Å²) in [6, 6.07) is 8.81. The Labute approximate surface area is 172 Å². The summed E-state index contributed by atoms with van der Waals surface area (Å²) in [5.41, 5.74) is 0.304. The Morgan fingerprint density at radius 1 is 1.00 bits per heavy atom. The molecule has 3 N–H and O–H groups in total. The van der Waals surface area contributed by atoms with Crippen LogP contribution in [0, 0.1) is 0 Å². The molecule has 8 nitrogen and oxygen atoms in total. The number of alkyl carbamates (subject to hydrolysis) is 2. The second-order valence-electron chi connectivity index (χ2n) is 7.65. The fourth-order valence-electron chi connectivity index (χ4n) is 2.51. The lowest BCUT2D eigenvalue weighted by atomic mass is 10.1. The summed E-state index contributed by atoms with van der Waals surface area (Å²) in [4.78, 5) is 35.5. The van der Waals surface area contributed by atoms with Gasteiger partial charge in [-0.15, -0.1) is 0 Å². The van der Waals surface area contributed by atoms with Crippen LogP contribution in [0.2, 0.25) is 0 Å². The van der Waals surface area contributed by atoms with Gasteiger partial charge in [0.15, 0.2) is 0 Å². The van der Waals surface area contributed by atoms with Crippen LogP contribution in [-0.2, 0) is 20.9 Å². The largest absolute Gasteiger partial charge is 0.445 e. The standard InChI is InChI=1S/C21H33N3O5/c1-21(2,3)29-20(27)24-17(18(25)22-4)13-9-6-10-14-23-19(26)28-15-16-11-7-5-8-12-16/h5,7-8,11-12,17H,6,9-10,13-15H2,1-4H3,(H,22,25)(H,23,26)(H,24,27)/t17-/m0/s1. The van der Waals surface area contributed by atoms with Crippen LogP contribution in [0.15, 0.2) is 30.3 Å². The minimum absolute atomic E-state index is 0.233. The molecule has 0 fully saturated rings. The van der Waals surface area contributed by atoms with E-state index in [9.17, 15) is 14.4 Å². The maximum atomic E-state index is 12.0. The molecule has 0 unspecified atom stereocenters. The molecule has 3 amide bonds. The number of rotatable bonds is 10. The van der Waals surface area contributed by atoms with Crippen molar-refractivity contribution < 1.29 is 23.9 Å². The second-order valence-corrected chi connectivity index (χ2v) is 7.65. The number of benzene rings is 1. The van der Waals surface area contributed by atoms with E-state index >= 15 is 0 Å². The Morgan fingerprint density at radius 2 is 1.69 bits per heavy atom. The van der Waals surface area contributed by atoms with Crippen LogP contribution in [0.25, 0.3) is 0 Å². The first kappa shape index (κ1) is 24.3. The van der Waals surface area contributed by atoms with Crippen LogP contribution in [0.4, 0.5) is 9.59 Å². The average Bonchev–Trinajstić information content (AvgIpc) is 2.66. The number of likely N-dealkylation sites (N-methyl/N-ethyl adjacent to an activating group) is 1. The molecule has 1 aromatic rings. The molecule has 0 spiro atoms. The highest BCUT2D eigenvalue weighted by molar-refractivity contribution is 5.85. The van der Waals surface area contributed by atoms with Gasteiger partial charge in [0.1, 0.15) is 18.2 Å². The number of ether oxygens (including phenoxy) is 2. The van der Waals surface area contributed by atoms with E-state index in [4.69, 9.17) is 9.47 Å². The van der Waals surface area contributed by atoms with Gasteiger partial charge in [0, 0.05) is 13.6 Å². The summed E-state index contributed by atoms with van der Waals surface area (Å²) in [6.07, 6.45) is 1.67. The van der Waals surface area contributed by atoms with Gasteiger partial charge in [0.2, 0.25) is 5.91 Å². The monoisotopic (exact) mass is 407 g/mol. The van der Waals surface area contributed by atoms with Crippen LogP contribution in [0.1, 0.15) is 52.0 Å². The number of hydrogen-bond donors (Lipinski definition) is 3. The molecular weight excluding hydrogens is 374 g/mol. The van der Waals surface area contributed by atoms with Crippen molar-refractivity contribution >= 4 is 18.1 Å². The summed E-state index contributed by atoms with van der Waals surface area (Å²) < 4.78 is 10.3. The summed E-state index contributed by atoms with van der Waals surface area (Å²) in [7, 11) is 1.52. The maximum Gasteiger partial charge on any atom is 0.408 e. The first-order valence-electron chi connectivity index (χ1n) is 9.87. The van der Waals surface area contributed by atoms with Gasteiger partial charge < -0.3 is 25.4 Å². The van der Waals surface area contributed by atoms with Crippen LogP contribution in [0.5, 0.6) is 0 Å². The van der Waals surface area contributed by atoms with E-state index in [1.165, 1.54) is 7.05 Å². The second kappa shape index (κ2) is 12.6. The Balaban J connectivity index is 2.21. The van der Waals surface area contributed by atoms with Gasteiger partial charge in [-0.25, -0.2) is 9.59 Å². The van der Waals surface area contributed by atoms with Gasteiger partial charge in [-0.05, 0) is 39.2 Å². The predicted molar refractivity (Wildman–Crippen MR) is 110 cm³/mol. The smallest absolute Gasteiger partial charge is 0.408 e. The highest BCUT2D eigenvalue weighted by Gasteiger charge is 2.23. The van der Waals surface area contributed by atoms with Gasteiger partial charge in [-0.1, -0.05) is 43.2 Å². The number of amides is 3. The van der Waals surface area contributed by atoms with Crippen LogP contribution in [0.3, 0.4) is 0 Å². The fraction of sp³-hybridized carbons (Fsp3) is 0.571. The Morgan fingerprint density at radius 3 is 2.31 bits per heavy atom. The predicted octanol–water partition coefficient (Wildman–Crippen LogP) is 3.11. The molecule has 1 atom stereocenters. The third-order valence-electron chi connectivity index (χ3n) is 3.91. The zero-order valence-corrected chi connectivity index (χ0v) is 17.7. The Kier molecular flexibility index (Phi) is 10.6. The van der Waals surface area contributed by atoms with E-state index < -0.39 is 23.8 Å². The Bertz CT molecular complexity index is 643. The normalized spacial score (nSPS) is 11.9. The van der Waals surface area contributed by atoms with Crippen molar-refractivity contribution in [3.05, 3.63) is 35.9 Å². The zero-order chi connectivity index (χ0) is 21.7. The first-order valence-corrected chi connectivity index (χ1v) is 9.87. The molecular formula is C21H33N3O5. The third-order valence-corrected chi connectivity index (χ3v) is 3.91. The first-order chi connectivity index (χ1) is 13.7. The van der Waals surface area contributed by atoms with Gasteiger partial charge >= 0.3 is 12.2 Å². The SMILES string of the molecule is CNC(=O)[C@H](CCCCCNC(=O)OCc1ccccc1)NC(=O)OC(C)(C)C. The van der Waals surface area contributed by atoms with Crippen LogP contribution < -0.4 is 16.0 Å². The highest BCUT2D eigenvalue weighted by atomic mass is 16.6. The van der Waals surface area contributed by atoms with Crippen molar-refractivity contribution in [2.75, 3.05) is 13.6 Å². The van der Waals surface area contributed by atoms with Gasteiger partial charge in [0.25, 0.3) is 0 Å². The highest BCUT2D eigenvalue weighted by Crippen LogP contribution is 2.09. The quantitative estimate of drug-likeness (QED) is 0.517. The molecule has 0 aromatic heterocycles. The van der Waals surface area contributed by atoms with Crippen LogP contribution in [-0.4, -0.2) is 43.3 Å². The van der Waals surface area contributed by atoms with Crippen molar-refractivity contribution in [2.45, 2.75) is 64.7 Å². The number of nitrogens with one attached hydrogen (secondary N) is 3. The molecule has 1 aromatic carbocycles. The van der Waals surface area contributed by atoms with Crippen molar-refractivity contribution in [1.82, 2.24) is 16.0 Å². The number of hydrogen-bond acceptors (Lipinski definition) is 5. The van der Waals surface area contributed by atoms with Crippen molar-refractivity contribution in [3.63, 3.8) is 0 Å². The zero-order valence-electron chi connectivity index (χ0n) is 17.7. The third kappa shape index (κ3) is 11.6. The van der Waals surface area contributed by atoms with Crippen molar-refractivity contribution in [3.8, 4) is 0 Å². The maximum absolute atomic E-state index is 12.0. The molecule has 0 aliphatic rings.